The standard InChI is InChI=1S/C16H21N9O/c1-4-7-24-15(17-9-19-24)12(3)20-16(26)21-14-8-13(6-5-11(14)2)25-10-18-22-23-25/h5-6,8-10,12H,4,7H2,1-3H3,(H2,20,21,26)/t12-/m1/s1. The van der Waals surface area contributed by atoms with E-state index in [-0.39, 0.29) is 12.1 Å². The molecule has 0 bridgehead atoms. The molecule has 136 valence electrons. The number of urea groups is 1. The van der Waals surface area contributed by atoms with Crippen LogP contribution in [-0.2, 0) is 6.54 Å². The maximum atomic E-state index is 12.4. The molecule has 0 fully saturated rings. The van der Waals surface area contributed by atoms with Gasteiger partial charge in [0.2, 0.25) is 0 Å². The van der Waals surface area contributed by atoms with Crippen molar-refractivity contribution in [1.29, 1.82) is 0 Å². The van der Waals surface area contributed by atoms with Crippen LogP contribution in [0.4, 0.5) is 10.5 Å². The van der Waals surface area contributed by atoms with Crippen molar-refractivity contribution in [2.24, 2.45) is 0 Å². The minimum Gasteiger partial charge on any atom is -0.328 e. The molecule has 3 aromatic rings. The summed E-state index contributed by atoms with van der Waals surface area (Å²) in [7, 11) is 0. The largest absolute Gasteiger partial charge is 0.328 e. The van der Waals surface area contributed by atoms with E-state index in [1.165, 1.54) is 17.3 Å². The Morgan fingerprint density at radius 2 is 2.19 bits per heavy atom. The van der Waals surface area contributed by atoms with Crippen molar-refractivity contribution < 1.29 is 4.79 Å². The average molecular weight is 355 g/mol. The molecular formula is C16H21N9O. The highest BCUT2D eigenvalue weighted by molar-refractivity contribution is 5.90. The van der Waals surface area contributed by atoms with Crippen molar-refractivity contribution in [2.75, 3.05) is 5.32 Å². The zero-order chi connectivity index (χ0) is 18.5. The fourth-order valence-electron chi connectivity index (χ4n) is 2.58. The van der Waals surface area contributed by atoms with E-state index in [1.807, 2.05) is 32.0 Å². The molecule has 3 rings (SSSR count). The first kappa shape index (κ1) is 17.5. The summed E-state index contributed by atoms with van der Waals surface area (Å²) in [6, 6.07) is 5.00. The number of benzene rings is 1. The number of amides is 2. The number of nitrogens with one attached hydrogen (secondary N) is 2. The van der Waals surface area contributed by atoms with Gasteiger partial charge in [0.25, 0.3) is 0 Å². The topological polar surface area (TPSA) is 115 Å². The van der Waals surface area contributed by atoms with Gasteiger partial charge in [-0.15, -0.1) is 5.10 Å². The van der Waals surface area contributed by atoms with Gasteiger partial charge in [0.15, 0.2) is 0 Å². The third-order valence-corrected chi connectivity index (χ3v) is 3.90. The number of rotatable bonds is 6. The molecule has 2 N–H and O–H groups in total. The molecule has 26 heavy (non-hydrogen) atoms. The van der Waals surface area contributed by atoms with E-state index in [4.69, 9.17) is 0 Å². The fraction of sp³-hybridized carbons (Fsp3) is 0.375. The first-order valence-electron chi connectivity index (χ1n) is 8.37. The summed E-state index contributed by atoms with van der Waals surface area (Å²) in [5.41, 5.74) is 2.36. The third kappa shape index (κ3) is 3.85. The smallest absolute Gasteiger partial charge is 0.319 e. The van der Waals surface area contributed by atoms with Crippen LogP contribution in [0.5, 0.6) is 0 Å². The summed E-state index contributed by atoms with van der Waals surface area (Å²) in [6.45, 7) is 6.62. The van der Waals surface area contributed by atoms with Crippen LogP contribution >= 0.6 is 0 Å². The second-order valence-corrected chi connectivity index (χ2v) is 5.92. The van der Waals surface area contributed by atoms with Crippen molar-refractivity contribution in [1.82, 2.24) is 40.3 Å². The number of carbonyl (C=O) groups excluding carboxylic acids is 1. The Morgan fingerprint density at radius 3 is 2.92 bits per heavy atom. The molecule has 10 heteroatoms. The van der Waals surface area contributed by atoms with E-state index in [9.17, 15) is 4.79 Å². The van der Waals surface area contributed by atoms with Crippen LogP contribution in [0, 0.1) is 6.92 Å². The van der Waals surface area contributed by atoms with Gasteiger partial charge < -0.3 is 10.6 Å². The van der Waals surface area contributed by atoms with Gasteiger partial charge in [0.05, 0.1) is 11.7 Å². The first-order valence-corrected chi connectivity index (χ1v) is 8.37. The van der Waals surface area contributed by atoms with E-state index in [1.54, 1.807) is 4.68 Å². The number of carbonyl (C=O) groups is 1. The molecule has 1 aromatic carbocycles. The van der Waals surface area contributed by atoms with Crippen LogP contribution in [0.25, 0.3) is 5.69 Å². The molecule has 2 amide bonds. The highest BCUT2D eigenvalue weighted by Crippen LogP contribution is 2.19. The Morgan fingerprint density at radius 1 is 1.35 bits per heavy atom. The van der Waals surface area contributed by atoms with E-state index in [0.29, 0.717) is 5.69 Å². The summed E-state index contributed by atoms with van der Waals surface area (Å²) in [5.74, 6) is 0.723. The van der Waals surface area contributed by atoms with Crippen LogP contribution in [0.1, 0.15) is 37.7 Å². The predicted molar refractivity (Wildman–Crippen MR) is 94.8 cm³/mol. The van der Waals surface area contributed by atoms with Crippen molar-refractivity contribution in [3.8, 4) is 5.69 Å². The Hall–Kier alpha value is -3.30. The Balaban J connectivity index is 1.70. The average Bonchev–Trinajstić information content (AvgIpc) is 3.28. The minimum absolute atomic E-state index is 0.271. The molecule has 0 aliphatic heterocycles. The Labute approximate surface area is 150 Å². The van der Waals surface area contributed by atoms with Gasteiger partial charge in [-0.05, 0) is 48.4 Å². The van der Waals surface area contributed by atoms with Crippen LogP contribution in [0.2, 0.25) is 0 Å². The molecule has 0 aliphatic carbocycles. The van der Waals surface area contributed by atoms with Crippen LogP contribution in [0.15, 0.2) is 30.9 Å². The zero-order valence-corrected chi connectivity index (χ0v) is 14.9. The van der Waals surface area contributed by atoms with Crippen molar-refractivity contribution >= 4 is 11.7 Å². The molecule has 0 saturated carbocycles. The van der Waals surface area contributed by atoms with E-state index in [2.05, 4.69) is 43.2 Å². The van der Waals surface area contributed by atoms with Crippen LogP contribution in [-0.4, -0.2) is 41.0 Å². The Bertz CT molecular complexity index is 872. The number of hydrogen-bond donors (Lipinski definition) is 2. The lowest BCUT2D eigenvalue weighted by molar-refractivity contribution is 0.248. The number of tetrazole rings is 1. The normalized spacial score (nSPS) is 12.0. The van der Waals surface area contributed by atoms with E-state index < -0.39 is 0 Å². The molecule has 2 aromatic heterocycles. The lowest BCUT2D eigenvalue weighted by Gasteiger charge is -2.16. The maximum Gasteiger partial charge on any atom is 0.319 e. The summed E-state index contributed by atoms with van der Waals surface area (Å²) < 4.78 is 3.33. The van der Waals surface area contributed by atoms with Gasteiger partial charge in [0.1, 0.15) is 18.5 Å². The van der Waals surface area contributed by atoms with E-state index in [0.717, 1.165) is 30.0 Å². The van der Waals surface area contributed by atoms with Crippen LogP contribution < -0.4 is 10.6 Å². The van der Waals surface area contributed by atoms with Crippen molar-refractivity contribution in [2.45, 2.75) is 39.8 Å². The van der Waals surface area contributed by atoms with Gasteiger partial charge in [-0.2, -0.15) is 5.10 Å². The first-order chi connectivity index (χ1) is 12.6. The van der Waals surface area contributed by atoms with Crippen molar-refractivity contribution in [3.63, 3.8) is 0 Å². The number of nitrogens with zero attached hydrogens (tertiary/aromatic N) is 7. The van der Waals surface area contributed by atoms with Crippen LogP contribution in [0.3, 0.4) is 0 Å². The predicted octanol–water partition coefficient (Wildman–Crippen LogP) is 1.85. The second kappa shape index (κ2) is 7.72. The van der Waals surface area contributed by atoms with Gasteiger partial charge in [0, 0.05) is 12.2 Å². The van der Waals surface area contributed by atoms with Gasteiger partial charge in [-0.3, -0.25) is 0 Å². The summed E-state index contributed by atoms with van der Waals surface area (Å²) in [5, 5.41) is 21.0. The lowest BCUT2D eigenvalue weighted by Crippen LogP contribution is -2.33. The number of anilines is 1. The zero-order valence-electron chi connectivity index (χ0n) is 14.9. The molecule has 0 saturated heterocycles. The molecule has 10 nitrogen and oxygen atoms in total. The highest BCUT2D eigenvalue weighted by Gasteiger charge is 2.16. The Kier molecular flexibility index (Phi) is 5.20. The molecule has 2 heterocycles. The minimum atomic E-state index is -0.319. The molecule has 0 spiro atoms. The van der Waals surface area contributed by atoms with Crippen molar-refractivity contribution in [3.05, 3.63) is 42.2 Å². The summed E-state index contributed by atoms with van der Waals surface area (Å²) in [6.07, 6.45) is 3.94. The fourth-order valence-corrected chi connectivity index (χ4v) is 2.58. The molecule has 1 atom stereocenters. The summed E-state index contributed by atoms with van der Waals surface area (Å²) in [4.78, 5) is 16.7. The SMILES string of the molecule is CCCn1ncnc1[C@@H](C)NC(=O)Nc1cc(-n2cnnn2)ccc1C. The highest BCUT2D eigenvalue weighted by atomic mass is 16.2. The number of aryl methyl sites for hydroxylation is 2. The quantitative estimate of drug-likeness (QED) is 0.697. The van der Waals surface area contributed by atoms with E-state index >= 15 is 0 Å². The number of aromatic nitrogens is 7. The molecule has 0 aliphatic rings. The van der Waals surface area contributed by atoms with Gasteiger partial charge in [-0.25, -0.2) is 19.1 Å². The maximum absolute atomic E-state index is 12.4. The summed E-state index contributed by atoms with van der Waals surface area (Å²) >= 11 is 0. The molecule has 0 radical (unpaired) electrons. The van der Waals surface area contributed by atoms with Gasteiger partial charge in [-0.1, -0.05) is 13.0 Å². The molecular weight excluding hydrogens is 334 g/mol. The monoisotopic (exact) mass is 355 g/mol. The second-order valence-electron chi connectivity index (χ2n) is 5.92. The van der Waals surface area contributed by atoms with Gasteiger partial charge >= 0.3 is 6.03 Å². The third-order valence-electron chi connectivity index (χ3n) is 3.90. The molecule has 0 unspecified atom stereocenters. The lowest BCUT2D eigenvalue weighted by atomic mass is 10.2. The number of hydrogen-bond acceptors (Lipinski definition) is 6.